The van der Waals surface area contributed by atoms with E-state index in [0.29, 0.717) is 0 Å². The molecule has 0 radical (unpaired) electrons. The summed E-state index contributed by atoms with van der Waals surface area (Å²) in [5.41, 5.74) is 8.93. The highest BCUT2D eigenvalue weighted by atomic mass is 32.2. The van der Waals surface area contributed by atoms with E-state index in [0.717, 1.165) is 0 Å². The lowest BCUT2D eigenvalue weighted by molar-refractivity contribution is -0.0812. The molecule has 0 unspecified atom stereocenters. The Labute approximate surface area is 305 Å². The lowest BCUT2D eigenvalue weighted by atomic mass is 9.57. The first-order chi connectivity index (χ1) is 25.3. The molecule has 3 heteroatoms. The summed E-state index contributed by atoms with van der Waals surface area (Å²) in [5, 5.41) is 5.13. The van der Waals surface area contributed by atoms with Crippen LogP contribution in [-0.2, 0) is 15.9 Å². The maximum Gasteiger partial charge on any atom is 0.130 e. The van der Waals surface area contributed by atoms with Gasteiger partial charge in [0.2, 0.25) is 0 Å². The molecule has 2 atom stereocenters. The molecule has 0 saturated carbocycles. The number of ether oxygens (including phenoxy) is 1. The normalized spacial score (nSPS) is 19.5. The van der Waals surface area contributed by atoms with Crippen LogP contribution in [0.5, 0.6) is 0 Å². The summed E-state index contributed by atoms with van der Waals surface area (Å²) in [4.78, 5) is 5.08. The Morgan fingerprint density at radius 1 is 0.353 bits per heavy atom. The molecule has 0 bridgehead atoms. The molecule has 12 rings (SSSR count). The zero-order valence-electron chi connectivity index (χ0n) is 27.5. The first-order valence-corrected chi connectivity index (χ1v) is 19.4. The third-order valence-electron chi connectivity index (χ3n) is 12.0. The molecule has 8 aromatic rings. The number of rotatable bonds is 0. The summed E-state index contributed by atoms with van der Waals surface area (Å²) in [6, 6.07) is 63.7. The second-order valence-corrected chi connectivity index (χ2v) is 16.4. The Kier molecular flexibility index (Phi) is 5.76. The zero-order chi connectivity index (χ0) is 33.3. The third kappa shape index (κ3) is 3.54. The Hall–Kier alpha value is -5.06. The maximum absolute atomic E-state index is 8.48. The average molecular weight is 687 g/mol. The standard InChI is InChI=1S/C48H30OS2/c1-3-15-31-29(13-1)25-27-33-43(31)44-32-16-4-2-14-30(32)26-28-34(44)46-45(33)47(35-17-5-9-21-39(35)50-40-22-10-6-18-36(40)47)49-48(46)37-19-7-11-23-41(37)51-42-24-12-8-20-38(42)48/h1-28,45-46H/t45-,46-/m0/s1. The first kappa shape index (κ1) is 28.6. The van der Waals surface area contributed by atoms with Gasteiger partial charge >= 0.3 is 0 Å². The second kappa shape index (κ2) is 10.3. The van der Waals surface area contributed by atoms with Crippen LogP contribution in [-0.4, -0.2) is 0 Å². The molecule has 240 valence electrons. The van der Waals surface area contributed by atoms with Crippen molar-refractivity contribution in [3.05, 3.63) is 203 Å². The summed E-state index contributed by atoms with van der Waals surface area (Å²) in [6.07, 6.45) is 0. The van der Waals surface area contributed by atoms with E-state index in [1.165, 1.54) is 85.6 Å². The molecule has 0 amide bonds. The smallest absolute Gasteiger partial charge is 0.130 e. The molecule has 4 aliphatic rings. The topological polar surface area (TPSA) is 9.23 Å². The average Bonchev–Trinajstić information content (AvgIpc) is 3.50. The summed E-state index contributed by atoms with van der Waals surface area (Å²) in [7, 11) is 0. The lowest BCUT2D eigenvalue weighted by Gasteiger charge is -2.44. The van der Waals surface area contributed by atoms with Crippen molar-refractivity contribution >= 4 is 45.1 Å². The minimum atomic E-state index is -0.772. The fourth-order valence-electron chi connectivity index (χ4n) is 10.2. The molecular weight excluding hydrogens is 657 g/mol. The van der Waals surface area contributed by atoms with Gasteiger partial charge in [0.25, 0.3) is 0 Å². The van der Waals surface area contributed by atoms with Crippen LogP contribution in [0.2, 0.25) is 0 Å². The van der Waals surface area contributed by atoms with Crippen molar-refractivity contribution in [2.45, 2.75) is 42.6 Å². The highest BCUT2D eigenvalue weighted by Gasteiger charge is 2.70. The molecule has 0 N–H and O–H groups in total. The second-order valence-electron chi connectivity index (χ2n) is 14.2. The maximum atomic E-state index is 8.48. The number of hydrogen-bond acceptors (Lipinski definition) is 3. The van der Waals surface area contributed by atoms with E-state index in [9.17, 15) is 0 Å². The number of fused-ring (bicyclic) bond motifs is 20. The van der Waals surface area contributed by atoms with Crippen LogP contribution in [0.25, 0.3) is 32.7 Å². The van der Waals surface area contributed by atoms with Gasteiger partial charge in [-0.25, -0.2) is 0 Å². The van der Waals surface area contributed by atoms with Crippen molar-refractivity contribution in [3.63, 3.8) is 0 Å². The number of benzene rings is 8. The van der Waals surface area contributed by atoms with Crippen molar-refractivity contribution in [2.24, 2.45) is 0 Å². The first-order valence-electron chi connectivity index (χ1n) is 17.7. The van der Waals surface area contributed by atoms with E-state index < -0.39 is 11.2 Å². The number of hydrogen-bond donors (Lipinski definition) is 0. The van der Waals surface area contributed by atoms with Gasteiger partial charge < -0.3 is 4.74 Å². The van der Waals surface area contributed by atoms with Crippen LogP contribution in [0.4, 0.5) is 0 Å². The minimum Gasteiger partial charge on any atom is -0.348 e. The third-order valence-corrected chi connectivity index (χ3v) is 14.3. The van der Waals surface area contributed by atoms with E-state index in [-0.39, 0.29) is 11.8 Å². The van der Waals surface area contributed by atoms with Gasteiger partial charge in [0.05, 0.1) is 0 Å². The van der Waals surface area contributed by atoms with Gasteiger partial charge in [0, 0.05) is 53.7 Å². The molecule has 51 heavy (non-hydrogen) atoms. The van der Waals surface area contributed by atoms with E-state index in [2.05, 4.69) is 170 Å². The van der Waals surface area contributed by atoms with Crippen LogP contribution in [0.3, 0.4) is 0 Å². The monoisotopic (exact) mass is 686 g/mol. The molecule has 1 saturated heterocycles. The molecular formula is C48H30OS2. The molecule has 1 aliphatic carbocycles. The van der Waals surface area contributed by atoms with Crippen molar-refractivity contribution in [3.8, 4) is 11.1 Å². The van der Waals surface area contributed by atoms with Gasteiger partial charge in [-0.15, -0.1) is 0 Å². The summed E-state index contributed by atoms with van der Waals surface area (Å²) >= 11 is 3.75. The Morgan fingerprint density at radius 2 is 0.686 bits per heavy atom. The van der Waals surface area contributed by atoms with Gasteiger partial charge in [-0.3, -0.25) is 0 Å². The van der Waals surface area contributed by atoms with E-state index in [1.807, 2.05) is 23.5 Å². The van der Waals surface area contributed by atoms with Crippen molar-refractivity contribution in [2.75, 3.05) is 0 Å². The quantitative estimate of drug-likeness (QED) is 0.157. The highest BCUT2D eigenvalue weighted by Crippen LogP contribution is 2.76. The summed E-state index contributed by atoms with van der Waals surface area (Å²) in [5.74, 6) is -0.0589. The van der Waals surface area contributed by atoms with Crippen LogP contribution < -0.4 is 0 Å². The predicted molar refractivity (Wildman–Crippen MR) is 209 cm³/mol. The molecule has 3 aliphatic heterocycles. The lowest BCUT2D eigenvalue weighted by Crippen LogP contribution is -2.39. The van der Waals surface area contributed by atoms with Gasteiger partial charge in [0.1, 0.15) is 11.2 Å². The van der Waals surface area contributed by atoms with Crippen LogP contribution in [0.1, 0.15) is 45.2 Å². The molecule has 2 spiro atoms. The van der Waals surface area contributed by atoms with Gasteiger partial charge in [-0.1, -0.05) is 169 Å². The zero-order valence-corrected chi connectivity index (χ0v) is 29.2. The van der Waals surface area contributed by atoms with Crippen LogP contribution in [0, 0.1) is 0 Å². The Morgan fingerprint density at radius 3 is 1.08 bits per heavy atom. The summed E-state index contributed by atoms with van der Waals surface area (Å²) in [6.45, 7) is 0. The van der Waals surface area contributed by atoms with Crippen molar-refractivity contribution in [1.82, 2.24) is 0 Å². The fourth-order valence-corrected chi connectivity index (χ4v) is 12.5. The van der Waals surface area contributed by atoms with Crippen molar-refractivity contribution < 1.29 is 4.74 Å². The summed E-state index contributed by atoms with van der Waals surface area (Å²) < 4.78 is 8.48. The molecule has 1 fully saturated rings. The van der Waals surface area contributed by atoms with E-state index in [4.69, 9.17) is 4.74 Å². The van der Waals surface area contributed by atoms with Crippen LogP contribution in [0.15, 0.2) is 189 Å². The molecule has 3 heterocycles. The molecule has 0 aromatic heterocycles. The Balaban J connectivity index is 1.33. The van der Waals surface area contributed by atoms with Crippen molar-refractivity contribution in [1.29, 1.82) is 0 Å². The fraction of sp³-hybridized carbons (Fsp3) is 0.0833. The minimum absolute atomic E-state index is 0.0295. The molecule has 8 aromatic carbocycles. The van der Waals surface area contributed by atoms with Gasteiger partial charge in [-0.2, -0.15) is 0 Å². The molecule has 1 nitrogen and oxygen atoms in total. The van der Waals surface area contributed by atoms with Gasteiger partial charge in [-0.05, 0) is 68.1 Å². The Bertz CT molecular complexity index is 2500. The van der Waals surface area contributed by atoms with E-state index >= 15 is 0 Å². The SMILES string of the molecule is c1ccc2c(c1)Sc1ccccc1C21OC2(c3ccccc3Sc3ccccc32)[C@H]2c3ccc4ccccc4c3-c3c(ccc4ccccc34)[C@@H]21. The highest BCUT2D eigenvalue weighted by molar-refractivity contribution is 7.99. The van der Waals surface area contributed by atoms with E-state index in [1.54, 1.807) is 0 Å². The predicted octanol–water partition coefficient (Wildman–Crippen LogP) is 12.7. The largest absolute Gasteiger partial charge is 0.348 e. The van der Waals surface area contributed by atoms with Crippen LogP contribution >= 0.6 is 23.5 Å². The van der Waals surface area contributed by atoms with Gasteiger partial charge in [0.15, 0.2) is 0 Å².